The number of benzene rings is 1. The number of nitrogens with one attached hydrogen (secondary N) is 1. The van der Waals surface area contributed by atoms with Crippen LogP contribution in [0.1, 0.15) is 38.1 Å². The van der Waals surface area contributed by atoms with E-state index in [1.54, 1.807) is 44.2 Å². The molecule has 2 rings (SSSR count). The summed E-state index contributed by atoms with van der Waals surface area (Å²) >= 11 is 0. The van der Waals surface area contributed by atoms with Crippen LogP contribution in [0, 0.1) is 11.3 Å². The predicted molar refractivity (Wildman–Crippen MR) is 93.2 cm³/mol. The first kappa shape index (κ1) is 19.9. The Morgan fingerprint density at radius 2 is 1.77 bits per heavy atom. The van der Waals surface area contributed by atoms with E-state index in [-0.39, 0.29) is 5.92 Å². The molecular weight excluding hydrogens is 338 g/mol. The highest BCUT2D eigenvalue weighted by molar-refractivity contribution is 5.97. The largest absolute Gasteiger partial charge is 0.467 e. The van der Waals surface area contributed by atoms with Crippen LogP contribution in [-0.2, 0) is 19.1 Å². The molecule has 0 unspecified atom stereocenters. The number of aliphatic hydroxyl groups is 1. The number of aliphatic hydroxyl groups excluding tert-OH is 1. The highest BCUT2D eigenvalue weighted by atomic mass is 16.6. The van der Waals surface area contributed by atoms with Gasteiger partial charge in [-0.15, -0.1) is 0 Å². The van der Waals surface area contributed by atoms with Gasteiger partial charge in [0.05, 0.1) is 18.1 Å². The second-order valence-corrected chi connectivity index (χ2v) is 7.37. The molecule has 2 N–H and O–H groups in total. The first-order chi connectivity index (χ1) is 12.1. The molecule has 0 saturated carbocycles. The molecule has 1 fully saturated rings. The Morgan fingerprint density at radius 1 is 1.19 bits per heavy atom. The van der Waals surface area contributed by atoms with Crippen LogP contribution in [0.5, 0.6) is 0 Å². The quantitative estimate of drug-likeness (QED) is 0.765. The Labute approximate surface area is 152 Å². The minimum absolute atomic E-state index is 0.302. The molecule has 1 aromatic rings. The summed E-state index contributed by atoms with van der Waals surface area (Å²) < 4.78 is 10.5. The fourth-order valence-electron chi connectivity index (χ4n) is 3.30. The lowest BCUT2D eigenvalue weighted by atomic mass is 9.74. The molecule has 142 valence electrons. The van der Waals surface area contributed by atoms with Crippen LogP contribution < -0.4 is 5.32 Å². The molecule has 26 heavy (non-hydrogen) atoms. The third-order valence-corrected chi connectivity index (χ3v) is 4.84. The van der Waals surface area contributed by atoms with Gasteiger partial charge in [-0.2, -0.15) is 0 Å². The summed E-state index contributed by atoms with van der Waals surface area (Å²) in [6.45, 7) is 6.51. The lowest BCUT2D eigenvalue weighted by Crippen LogP contribution is -2.66. The normalized spacial score (nSPS) is 25.5. The molecule has 1 aromatic carbocycles. The van der Waals surface area contributed by atoms with E-state index in [2.05, 4.69) is 5.32 Å². The van der Waals surface area contributed by atoms with Crippen LogP contribution in [-0.4, -0.2) is 47.8 Å². The summed E-state index contributed by atoms with van der Waals surface area (Å²) in [5, 5.41) is 13.4. The van der Waals surface area contributed by atoms with E-state index in [1.165, 1.54) is 13.8 Å². The number of hydrogen-bond donors (Lipinski definition) is 2. The van der Waals surface area contributed by atoms with Gasteiger partial charge in [-0.3, -0.25) is 4.79 Å². The molecule has 0 spiro atoms. The van der Waals surface area contributed by atoms with E-state index in [1.807, 2.05) is 0 Å². The molecule has 1 aliphatic rings. The molecule has 0 bridgehead atoms. The Balaban J connectivity index is 2.48. The first-order valence-corrected chi connectivity index (χ1v) is 8.44. The van der Waals surface area contributed by atoms with Gasteiger partial charge >= 0.3 is 11.9 Å². The number of amides is 1. The van der Waals surface area contributed by atoms with Crippen LogP contribution in [0.15, 0.2) is 30.3 Å². The Bertz CT molecular complexity index is 699. The SMILES string of the molecule is COC(=O)[C@]1([C@@H](OC(=O)c2ccccc2)C(C)C)NC(=O)C(C)(C)[C@@H]1O. The van der Waals surface area contributed by atoms with Crippen molar-refractivity contribution in [3.8, 4) is 0 Å². The van der Waals surface area contributed by atoms with Gasteiger partial charge < -0.3 is 19.9 Å². The summed E-state index contributed by atoms with van der Waals surface area (Å²) in [6.07, 6.45) is -2.56. The van der Waals surface area contributed by atoms with E-state index in [9.17, 15) is 19.5 Å². The number of ether oxygens (including phenoxy) is 2. The van der Waals surface area contributed by atoms with Crippen molar-refractivity contribution in [2.45, 2.75) is 45.4 Å². The summed E-state index contributed by atoms with van der Waals surface area (Å²) in [5.74, 6) is -2.41. The molecular formula is C19H25NO6. The van der Waals surface area contributed by atoms with Crippen molar-refractivity contribution in [3.05, 3.63) is 35.9 Å². The maximum absolute atomic E-state index is 12.7. The van der Waals surface area contributed by atoms with Crippen molar-refractivity contribution in [3.63, 3.8) is 0 Å². The number of methoxy groups -OCH3 is 1. The fraction of sp³-hybridized carbons (Fsp3) is 0.526. The van der Waals surface area contributed by atoms with E-state index < -0.39 is 41.0 Å². The second-order valence-electron chi connectivity index (χ2n) is 7.37. The van der Waals surface area contributed by atoms with Gasteiger partial charge in [0, 0.05) is 0 Å². The number of hydrogen-bond acceptors (Lipinski definition) is 6. The van der Waals surface area contributed by atoms with Gasteiger partial charge in [0.2, 0.25) is 11.4 Å². The van der Waals surface area contributed by atoms with Crippen molar-refractivity contribution >= 4 is 17.8 Å². The minimum Gasteiger partial charge on any atom is -0.467 e. The number of carbonyl (C=O) groups is 3. The smallest absolute Gasteiger partial charge is 0.338 e. The molecule has 0 aliphatic carbocycles. The van der Waals surface area contributed by atoms with Crippen LogP contribution in [0.3, 0.4) is 0 Å². The van der Waals surface area contributed by atoms with Crippen molar-refractivity contribution in [2.75, 3.05) is 7.11 Å². The molecule has 1 saturated heterocycles. The van der Waals surface area contributed by atoms with Gasteiger partial charge in [0.15, 0.2) is 0 Å². The summed E-state index contributed by atoms with van der Waals surface area (Å²) in [6, 6.07) is 8.30. The Morgan fingerprint density at radius 3 is 2.19 bits per heavy atom. The van der Waals surface area contributed by atoms with Gasteiger partial charge in [-0.25, -0.2) is 9.59 Å². The van der Waals surface area contributed by atoms with Crippen LogP contribution in [0.25, 0.3) is 0 Å². The van der Waals surface area contributed by atoms with Crippen molar-refractivity contribution < 1.29 is 29.0 Å². The average Bonchev–Trinajstić information content (AvgIpc) is 2.80. The molecule has 3 atom stereocenters. The van der Waals surface area contributed by atoms with E-state index in [4.69, 9.17) is 9.47 Å². The van der Waals surface area contributed by atoms with E-state index in [0.717, 1.165) is 7.11 Å². The molecule has 7 heteroatoms. The molecule has 0 radical (unpaired) electrons. The van der Waals surface area contributed by atoms with Crippen molar-refractivity contribution in [2.24, 2.45) is 11.3 Å². The molecule has 0 aromatic heterocycles. The third-order valence-electron chi connectivity index (χ3n) is 4.84. The summed E-state index contributed by atoms with van der Waals surface area (Å²) in [4.78, 5) is 37.6. The summed E-state index contributed by atoms with van der Waals surface area (Å²) in [7, 11) is 1.16. The number of esters is 2. The second kappa shape index (κ2) is 7.07. The zero-order valence-corrected chi connectivity index (χ0v) is 15.6. The van der Waals surface area contributed by atoms with Crippen LogP contribution in [0.4, 0.5) is 0 Å². The number of carbonyl (C=O) groups excluding carboxylic acids is 3. The molecule has 1 heterocycles. The van der Waals surface area contributed by atoms with Gasteiger partial charge in [0.25, 0.3) is 0 Å². The zero-order chi connectivity index (χ0) is 19.7. The highest BCUT2D eigenvalue weighted by Crippen LogP contribution is 2.41. The zero-order valence-electron chi connectivity index (χ0n) is 15.6. The average molecular weight is 363 g/mol. The minimum atomic E-state index is -1.88. The molecule has 1 amide bonds. The van der Waals surface area contributed by atoms with E-state index >= 15 is 0 Å². The Hall–Kier alpha value is -2.41. The summed E-state index contributed by atoms with van der Waals surface area (Å²) in [5.41, 5.74) is -2.83. The third kappa shape index (κ3) is 3.07. The van der Waals surface area contributed by atoms with Gasteiger partial charge in [-0.05, 0) is 31.9 Å². The highest BCUT2D eigenvalue weighted by Gasteiger charge is 2.67. The van der Waals surface area contributed by atoms with E-state index in [0.29, 0.717) is 5.56 Å². The van der Waals surface area contributed by atoms with Crippen LogP contribution in [0.2, 0.25) is 0 Å². The predicted octanol–water partition coefficient (Wildman–Crippen LogP) is 1.30. The van der Waals surface area contributed by atoms with Gasteiger partial charge in [0.1, 0.15) is 12.2 Å². The molecule has 7 nitrogen and oxygen atoms in total. The van der Waals surface area contributed by atoms with Gasteiger partial charge in [-0.1, -0.05) is 32.0 Å². The monoisotopic (exact) mass is 363 g/mol. The lowest BCUT2D eigenvalue weighted by Gasteiger charge is -2.39. The van der Waals surface area contributed by atoms with Crippen molar-refractivity contribution in [1.29, 1.82) is 0 Å². The standard InChI is InChI=1S/C19H25NO6/c1-11(2)13(26-14(21)12-9-7-6-8-10-12)19(17(24)25-5)15(22)18(3,4)16(23)20-19/h6-11,13,15,22H,1-5H3,(H,20,23)/t13-,15-,19+/m0/s1. The van der Waals surface area contributed by atoms with Crippen LogP contribution >= 0.6 is 0 Å². The maximum Gasteiger partial charge on any atom is 0.338 e. The fourth-order valence-corrected chi connectivity index (χ4v) is 3.30. The topological polar surface area (TPSA) is 102 Å². The molecule has 1 aliphatic heterocycles. The number of rotatable bonds is 5. The maximum atomic E-state index is 12.7. The Kier molecular flexibility index (Phi) is 5.41. The van der Waals surface area contributed by atoms with Crippen molar-refractivity contribution in [1.82, 2.24) is 5.32 Å². The first-order valence-electron chi connectivity index (χ1n) is 8.44. The lowest BCUT2D eigenvalue weighted by molar-refractivity contribution is -0.164.